The number of para-hydroxylation sites is 2. The third-order valence-electron chi connectivity index (χ3n) is 6.82. The van der Waals surface area contributed by atoms with E-state index < -0.39 is 0 Å². The highest BCUT2D eigenvalue weighted by Gasteiger charge is 2.17. The number of nitrogens with one attached hydrogen (secondary N) is 1. The summed E-state index contributed by atoms with van der Waals surface area (Å²) < 4.78 is 0. The second-order valence-corrected chi connectivity index (χ2v) is 8.63. The largest absolute Gasteiger partial charge is 0.354 e. The molecule has 1 heteroatoms. The summed E-state index contributed by atoms with van der Waals surface area (Å²) in [5.41, 5.74) is 7.41. The molecule has 1 nitrogen and oxygen atoms in total. The Morgan fingerprint density at radius 2 is 0.970 bits per heavy atom. The van der Waals surface area contributed by atoms with E-state index in [0.29, 0.717) is 0 Å². The van der Waals surface area contributed by atoms with Gasteiger partial charge in [0.1, 0.15) is 0 Å². The molecule has 0 amide bonds. The quantitative estimate of drug-likeness (QED) is 0.288. The average Bonchev–Trinajstić information content (AvgIpc) is 3.27. The third kappa shape index (κ3) is 2.73. The van der Waals surface area contributed by atoms with E-state index >= 15 is 0 Å². The van der Waals surface area contributed by atoms with Crippen LogP contribution in [0, 0.1) is 0 Å². The first-order chi connectivity index (χ1) is 16.4. The van der Waals surface area contributed by atoms with Gasteiger partial charge in [0.25, 0.3) is 0 Å². The molecule has 7 aromatic rings. The predicted molar refractivity (Wildman–Crippen MR) is 142 cm³/mol. The van der Waals surface area contributed by atoms with Crippen LogP contribution in [0.3, 0.4) is 0 Å². The summed E-state index contributed by atoms with van der Waals surface area (Å²) in [4.78, 5) is 3.71. The monoisotopic (exact) mass is 419 g/mol. The van der Waals surface area contributed by atoms with Crippen LogP contribution in [0.1, 0.15) is 0 Å². The van der Waals surface area contributed by atoms with Crippen molar-refractivity contribution >= 4 is 43.4 Å². The predicted octanol–water partition coefficient (Wildman–Crippen LogP) is 8.96. The lowest BCUT2D eigenvalue weighted by Crippen LogP contribution is -1.90. The van der Waals surface area contributed by atoms with Gasteiger partial charge in [0.2, 0.25) is 0 Å². The molecule has 6 aromatic carbocycles. The Bertz CT molecular complexity index is 1810. The molecule has 0 atom stereocenters. The fraction of sp³-hybridized carbons (Fsp3) is 0. The van der Waals surface area contributed by atoms with Gasteiger partial charge in [-0.3, -0.25) is 0 Å². The highest BCUT2D eigenvalue weighted by atomic mass is 14.7. The normalized spacial score (nSPS) is 11.6. The Kier molecular flexibility index (Phi) is 3.91. The maximum atomic E-state index is 3.71. The maximum absolute atomic E-state index is 3.71. The summed E-state index contributed by atoms with van der Waals surface area (Å²) in [7, 11) is 0. The van der Waals surface area contributed by atoms with E-state index in [-0.39, 0.29) is 0 Å². The molecule has 1 aromatic heterocycles. The molecule has 0 aliphatic heterocycles. The second kappa shape index (κ2) is 7.08. The fourth-order valence-electron chi connectivity index (χ4n) is 5.33. The molecule has 0 spiro atoms. The lowest BCUT2D eigenvalue weighted by atomic mass is 9.87. The summed E-state index contributed by atoms with van der Waals surface area (Å²) in [6.45, 7) is 0. The fourth-order valence-corrected chi connectivity index (χ4v) is 5.33. The standard InChI is InChI=1S/C32H21N/c1-3-12-23-21(9-1)11-7-15-26(23)31-24-13-4-2-10-22(24)19-20-27(31)29-17-8-16-28-25-14-5-6-18-30(25)33-32(28)29/h1-20,33H. The molecular weight excluding hydrogens is 398 g/mol. The van der Waals surface area contributed by atoms with Gasteiger partial charge in [0, 0.05) is 21.9 Å². The third-order valence-corrected chi connectivity index (χ3v) is 6.82. The molecule has 7 rings (SSSR count). The Morgan fingerprint density at radius 1 is 0.364 bits per heavy atom. The number of hydrogen-bond donors (Lipinski definition) is 1. The Labute approximate surface area is 191 Å². The SMILES string of the molecule is c1ccc2c(-c3c(-c4cccc5c4[nH]c4ccccc45)ccc4ccccc34)cccc2c1. The molecule has 154 valence electrons. The first kappa shape index (κ1) is 18.2. The van der Waals surface area contributed by atoms with E-state index in [0.717, 1.165) is 0 Å². The first-order valence-electron chi connectivity index (χ1n) is 11.4. The smallest absolute Gasteiger partial charge is 0.0544 e. The highest BCUT2D eigenvalue weighted by Crippen LogP contribution is 2.43. The van der Waals surface area contributed by atoms with Crippen LogP contribution in [0.2, 0.25) is 0 Å². The van der Waals surface area contributed by atoms with E-state index in [1.54, 1.807) is 0 Å². The first-order valence-corrected chi connectivity index (χ1v) is 11.4. The van der Waals surface area contributed by atoms with Crippen molar-refractivity contribution < 1.29 is 0 Å². The average molecular weight is 420 g/mol. The lowest BCUT2D eigenvalue weighted by molar-refractivity contribution is 1.54. The zero-order valence-corrected chi connectivity index (χ0v) is 18.0. The Hall–Kier alpha value is -4.36. The van der Waals surface area contributed by atoms with Gasteiger partial charge in [-0.1, -0.05) is 115 Å². The molecule has 0 radical (unpaired) electrons. The number of H-pyrrole nitrogens is 1. The van der Waals surface area contributed by atoms with Crippen molar-refractivity contribution in [3.8, 4) is 22.3 Å². The molecule has 1 heterocycles. The summed E-state index contributed by atoms with van der Waals surface area (Å²) in [5, 5.41) is 7.61. The minimum atomic E-state index is 1.17. The van der Waals surface area contributed by atoms with Gasteiger partial charge < -0.3 is 4.98 Å². The van der Waals surface area contributed by atoms with Crippen molar-refractivity contribution in [3.63, 3.8) is 0 Å². The zero-order chi connectivity index (χ0) is 21.8. The van der Waals surface area contributed by atoms with Crippen molar-refractivity contribution in [1.29, 1.82) is 0 Å². The molecule has 33 heavy (non-hydrogen) atoms. The Morgan fingerprint density at radius 3 is 1.85 bits per heavy atom. The molecule has 0 fully saturated rings. The summed E-state index contributed by atoms with van der Waals surface area (Å²) >= 11 is 0. The number of rotatable bonds is 2. The van der Waals surface area contributed by atoms with Crippen molar-refractivity contribution in [2.24, 2.45) is 0 Å². The van der Waals surface area contributed by atoms with E-state index in [1.165, 1.54) is 65.6 Å². The molecule has 0 saturated carbocycles. The van der Waals surface area contributed by atoms with Gasteiger partial charge in [-0.05, 0) is 44.3 Å². The maximum Gasteiger partial charge on any atom is 0.0544 e. The van der Waals surface area contributed by atoms with Crippen LogP contribution in [-0.2, 0) is 0 Å². The van der Waals surface area contributed by atoms with Crippen molar-refractivity contribution in [3.05, 3.63) is 121 Å². The van der Waals surface area contributed by atoms with Gasteiger partial charge in [-0.2, -0.15) is 0 Å². The van der Waals surface area contributed by atoms with Crippen LogP contribution >= 0.6 is 0 Å². The topological polar surface area (TPSA) is 15.8 Å². The molecule has 0 aliphatic carbocycles. The second-order valence-electron chi connectivity index (χ2n) is 8.63. The van der Waals surface area contributed by atoms with Gasteiger partial charge in [-0.15, -0.1) is 0 Å². The number of benzene rings is 6. The zero-order valence-electron chi connectivity index (χ0n) is 18.0. The van der Waals surface area contributed by atoms with Gasteiger partial charge >= 0.3 is 0 Å². The summed E-state index contributed by atoms with van der Waals surface area (Å²) in [5.74, 6) is 0. The van der Waals surface area contributed by atoms with Crippen LogP contribution in [0.15, 0.2) is 121 Å². The lowest BCUT2D eigenvalue weighted by Gasteiger charge is -2.17. The molecular formula is C32H21N. The number of hydrogen-bond acceptors (Lipinski definition) is 0. The van der Waals surface area contributed by atoms with Crippen molar-refractivity contribution in [2.45, 2.75) is 0 Å². The molecule has 0 saturated heterocycles. The van der Waals surface area contributed by atoms with Crippen molar-refractivity contribution in [1.82, 2.24) is 4.98 Å². The van der Waals surface area contributed by atoms with E-state index in [2.05, 4.69) is 126 Å². The molecule has 1 N–H and O–H groups in total. The van der Waals surface area contributed by atoms with Gasteiger partial charge in [-0.25, -0.2) is 0 Å². The summed E-state index contributed by atoms with van der Waals surface area (Å²) in [6, 6.07) is 43.8. The molecule has 0 bridgehead atoms. The van der Waals surface area contributed by atoms with E-state index in [4.69, 9.17) is 0 Å². The van der Waals surface area contributed by atoms with Crippen LogP contribution in [0.25, 0.3) is 65.6 Å². The van der Waals surface area contributed by atoms with E-state index in [9.17, 15) is 0 Å². The van der Waals surface area contributed by atoms with E-state index in [1.807, 2.05) is 0 Å². The Balaban J connectivity index is 1.64. The van der Waals surface area contributed by atoms with Gasteiger partial charge in [0.15, 0.2) is 0 Å². The van der Waals surface area contributed by atoms with Crippen LogP contribution < -0.4 is 0 Å². The number of fused-ring (bicyclic) bond motifs is 5. The highest BCUT2D eigenvalue weighted by molar-refractivity contribution is 6.16. The number of aromatic amines is 1. The summed E-state index contributed by atoms with van der Waals surface area (Å²) in [6.07, 6.45) is 0. The van der Waals surface area contributed by atoms with Crippen molar-refractivity contribution in [2.75, 3.05) is 0 Å². The molecule has 0 unspecified atom stereocenters. The van der Waals surface area contributed by atoms with Crippen LogP contribution in [0.5, 0.6) is 0 Å². The molecule has 0 aliphatic rings. The minimum absolute atomic E-state index is 1.17. The van der Waals surface area contributed by atoms with Crippen LogP contribution in [-0.4, -0.2) is 4.98 Å². The van der Waals surface area contributed by atoms with Crippen LogP contribution in [0.4, 0.5) is 0 Å². The minimum Gasteiger partial charge on any atom is -0.354 e. The number of aromatic nitrogens is 1. The van der Waals surface area contributed by atoms with Gasteiger partial charge in [0.05, 0.1) is 5.52 Å².